The summed E-state index contributed by atoms with van der Waals surface area (Å²) < 4.78 is 14.1. The van der Waals surface area contributed by atoms with Gasteiger partial charge in [0, 0.05) is 6.42 Å². The molecule has 0 amide bonds. The van der Waals surface area contributed by atoms with E-state index >= 15 is 0 Å². The quantitative estimate of drug-likeness (QED) is 0.110. The molecule has 198 valence electrons. The van der Waals surface area contributed by atoms with Gasteiger partial charge in [-0.1, -0.05) is 112 Å². The van der Waals surface area contributed by atoms with Crippen molar-refractivity contribution in [2.24, 2.45) is 0 Å². The summed E-state index contributed by atoms with van der Waals surface area (Å²) in [4.78, 5) is 0. The lowest BCUT2D eigenvalue weighted by atomic mass is 10.1. The van der Waals surface area contributed by atoms with Crippen molar-refractivity contribution in [1.29, 1.82) is 0 Å². The highest BCUT2D eigenvalue weighted by Gasteiger charge is 2.43. The van der Waals surface area contributed by atoms with Crippen molar-refractivity contribution in [2.45, 2.75) is 149 Å². The average molecular weight is 523 g/mol. The number of allylic oxidation sites excluding steroid dienone is 3. The second-order valence-electron chi connectivity index (χ2n) is 13.8. The van der Waals surface area contributed by atoms with Crippen LogP contribution >= 0.6 is 0 Å². The molecule has 0 spiro atoms. The van der Waals surface area contributed by atoms with E-state index in [-0.39, 0.29) is 22.3 Å². The van der Waals surface area contributed by atoms with Crippen molar-refractivity contribution < 1.29 is 8.85 Å². The molecule has 0 radical (unpaired) electrons. The minimum absolute atomic E-state index is 0.0235. The van der Waals surface area contributed by atoms with Crippen LogP contribution in [-0.2, 0) is 8.85 Å². The van der Waals surface area contributed by atoms with E-state index in [2.05, 4.69) is 130 Å². The SMILES string of the molecule is CCCCC[C@H](O[Si](C)(C)C(C)(C)C)[C@@H](C=CC=CCC#C[Si](C)(C)C)O[Si](C)(C)C(C)(C)C. The molecular formula is C29H58O2Si3. The van der Waals surface area contributed by atoms with Crippen LogP contribution in [-0.4, -0.2) is 36.9 Å². The molecule has 0 saturated heterocycles. The summed E-state index contributed by atoms with van der Waals surface area (Å²) in [5.41, 5.74) is 3.43. The van der Waals surface area contributed by atoms with E-state index < -0.39 is 24.7 Å². The Kier molecular flexibility index (Phi) is 13.6. The Morgan fingerprint density at radius 2 is 1.29 bits per heavy atom. The Balaban J connectivity index is 5.93. The first-order valence-electron chi connectivity index (χ1n) is 13.4. The second kappa shape index (κ2) is 13.8. The maximum absolute atomic E-state index is 7.05. The molecular weight excluding hydrogens is 465 g/mol. The first-order valence-corrected chi connectivity index (χ1v) is 22.7. The van der Waals surface area contributed by atoms with Gasteiger partial charge >= 0.3 is 0 Å². The number of unbranched alkanes of at least 4 members (excludes halogenated alkanes) is 2. The van der Waals surface area contributed by atoms with E-state index in [1.807, 2.05) is 0 Å². The van der Waals surface area contributed by atoms with Gasteiger partial charge in [0.05, 0.1) is 12.2 Å². The van der Waals surface area contributed by atoms with Crippen LogP contribution in [0.25, 0.3) is 0 Å². The Labute approximate surface area is 217 Å². The summed E-state index contributed by atoms with van der Waals surface area (Å²) in [5, 5.41) is 0.336. The van der Waals surface area contributed by atoms with Gasteiger partial charge in [0.15, 0.2) is 16.6 Å². The predicted molar refractivity (Wildman–Crippen MR) is 162 cm³/mol. The zero-order valence-corrected chi connectivity index (χ0v) is 28.3. The molecule has 0 bridgehead atoms. The lowest BCUT2D eigenvalue weighted by Crippen LogP contribution is -2.51. The zero-order valence-electron chi connectivity index (χ0n) is 25.3. The molecule has 0 aliphatic rings. The van der Waals surface area contributed by atoms with E-state index in [0.29, 0.717) is 0 Å². The van der Waals surface area contributed by atoms with Crippen LogP contribution in [0.2, 0.25) is 55.9 Å². The van der Waals surface area contributed by atoms with Gasteiger partial charge in [-0.2, -0.15) is 0 Å². The van der Waals surface area contributed by atoms with Gasteiger partial charge in [0.25, 0.3) is 0 Å². The van der Waals surface area contributed by atoms with Gasteiger partial charge in [-0.15, -0.1) is 11.5 Å². The predicted octanol–water partition coefficient (Wildman–Crippen LogP) is 9.73. The Morgan fingerprint density at radius 3 is 1.76 bits per heavy atom. The Hall–Kier alpha value is -0.389. The molecule has 0 N–H and O–H groups in total. The molecule has 0 rings (SSSR count). The van der Waals surface area contributed by atoms with Crippen molar-refractivity contribution in [3.63, 3.8) is 0 Å². The first-order chi connectivity index (χ1) is 15.2. The fraction of sp³-hybridized carbons (Fsp3) is 0.793. The van der Waals surface area contributed by atoms with Crippen molar-refractivity contribution in [1.82, 2.24) is 0 Å². The third kappa shape index (κ3) is 13.1. The van der Waals surface area contributed by atoms with Crippen LogP contribution < -0.4 is 0 Å². The van der Waals surface area contributed by atoms with Crippen LogP contribution in [0.4, 0.5) is 0 Å². The highest BCUT2D eigenvalue weighted by Crippen LogP contribution is 2.41. The highest BCUT2D eigenvalue weighted by molar-refractivity contribution is 6.83. The maximum Gasteiger partial charge on any atom is 0.193 e. The summed E-state index contributed by atoms with van der Waals surface area (Å²) in [7, 11) is -5.18. The number of rotatable bonds is 12. The van der Waals surface area contributed by atoms with Crippen molar-refractivity contribution >= 4 is 24.7 Å². The smallest absolute Gasteiger partial charge is 0.193 e. The molecule has 0 heterocycles. The number of hydrogen-bond donors (Lipinski definition) is 0. The Morgan fingerprint density at radius 1 is 0.765 bits per heavy atom. The van der Waals surface area contributed by atoms with Crippen molar-refractivity contribution in [3.8, 4) is 11.5 Å². The van der Waals surface area contributed by atoms with E-state index in [1.54, 1.807) is 0 Å². The molecule has 2 nitrogen and oxygen atoms in total. The van der Waals surface area contributed by atoms with E-state index in [4.69, 9.17) is 8.85 Å². The summed E-state index contributed by atoms with van der Waals surface area (Å²) >= 11 is 0. The molecule has 34 heavy (non-hydrogen) atoms. The topological polar surface area (TPSA) is 18.5 Å². The second-order valence-corrected chi connectivity index (χ2v) is 28.1. The lowest BCUT2D eigenvalue weighted by molar-refractivity contribution is 0.0559. The van der Waals surface area contributed by atoms with Gasteiger partial charge in [0.1, 0.15) is 8.07 Å². The van der Waals surface area contributed by atoms with E-state index in [9.17, 15) is 0 Å². The van der Waals surface area contributed by atoms with Crippen LogP contribution in [0, 0.1) is 11.5 Å². The summed E-state index contributed by atoms with van der Waals surface area (Å²) in [6, 6.07) is 0. The number of hydrogen-bond acceptors (Lipinski definition) is 2. The molecule has 2 atom stereocenters. The van der Waals surface area contributed by atoms with Gasteiger partial charge < -0.3 is 8.85 Å². The minimum atomic E-state index is -1.96. The average Bonchev–Trinajstić information content (AvgIpc) is 2.62. The summed E-state index contributed by atoms with van der Waals surface area (Å²) in [6.07, 6.45) is 14.3. The van der Waals surface area contributed by atoms with Gasteiger partial charge in [-0.05, 0) is 42.7 Å². The molecule has 0 fully saturated rings. The van der Waals surface area contributed by atoms with Crippen LogP contribution in [0.3, 0.4) is 0 Å². The van der Waals surface area contributed by atoms with E-state index in [0.717, 1.165) is 12.8 Å². The van der Waals surface area contributed by atoms with Gasteiger partial charge in [-0.3, -0.25) is 0 Å². The fourth-order valence-corrected chi connectivity index (χ4v) is 6.15. The van der Waals surface area contributed by atoms with Crippen LogP contribution in [0.5, 0.6) is 0 Å². The van der Waals surface area contributed by atoms with E-state index in [1.165, 1.54) is 19.3 Å². The fourth-order valence-electron chi connectivity index (χ4n) is 2.89. The zero-order chi connectivity index (χ0) is 26.8. The molecule has 0 unspecified atom stereocenters. The molecule has 5 heteroatoms. The standard InChI is InChI=1S/C29H58O2Si3/c1-15-16-20-23-26(30-33(11,12)28(2,3)4)27(31-34(13,14)29(5,6)7)24-21-18-17-19-22-25-32(8,9)10/h17-18,21,24,26-27H,15-16,19-20,23H2,1-14H3/t26-,27+/m0/s1. The first kappa shape index (κ1) is 33.6. The maximum atomic E-state index is 7.05. The lowest BCUT2D eigenvalue weighted by Gasteiger charge is -2.44. The summed E-state index contributed by atoms with van der Waals surface area (Å²) in [6.45, 7) is 32.5. The van der Waals surface area contributed by atoms with Crippen LogP contribution in [0.1, 0.15) is 80.6 Å². The molecule has 0 aliphatic heterocycles. The third-order valence-electron chi connectivity index (χ3n) is 7.18. The minimum Gasteiger partial charge on any atom is -0.411 e. The Bertz CT molecular complexity index is 705. The van der Waals surface area contributed by atoms with Crippen molar-refractivity contribution in [3.05, 3.63) is 24.3 Å². The molecule has 0 aliphatic carbocycles. The molecule has 0 aromatic carbocycles. The molecule has 0 saturated carbocycles. The molecule has 0 aromatic rings. The van der Waals surface area contributed by atoms with Gasteiger partial charge in [0.2, 0.25) is 0 Å². The normalized spacial score (nSPS) is 16.1. The largest absolute Gasteiger partial charge is 0.411 e. The summed E-state index contributed by atoms with van der Waals surface area (Å²) in [5.74, 6) is 3.32. The monoisotopic (exact) mass is 522 g/mol. The molecule has 0 aromatic heterocycles. The van der Waals surface area contributed by atoms with Crippen LogP contribution in [0.15, 0.2) is 24.3 Å². The van der Waals surface area contributed by atoms with Crippen molar-refractivity contribution in [2.75, 3.05) is 0 Å². The third-order valence-corrected chi connectivity index (χ3v) is 17.1. The highest BCUT2D eigenvalue weighted by atomic mass is 28.4. The van der Waals surface area contributed by atoms with Gasteiger partial charge in [-0.25, -0.2) is 0 Å².